The van der Waals surface area contributed by atoms with Crippen LogP contribution in [0, 0.1) is 17.3 Å². The van der Waals surface area contributed by atoms with Crippen molar-refractivity contribution in [1.29, 1.82) is 0 Å². The second-order valence-corrected chi connectivity index (χ2v) is 8.18. The van der Waals surface area contributed by atoms with Crippen molar-refractivity contribution in [3.8, 4) is 0 Å². The summed E-state index contributed by atoms with van der Waals surface area (Å²) >= 11 is 0. The largest absolute Gasteiger partial charge is 0.366 e. The Labute approximate surface area is 130 Å². The SMILES string of the molecule is C=C(C)/C=C/C=C(\C)[C@H]1CC[C@@]2(C)C[C@H]3O[C@@]3(C)CC[C@H]12. The van der Waals surface area contributed by atoms with Gasteiger partial charge in [-0.25, -0.2) is 0 Å². The summed E-state index contributed by atoms with van der Waals surface area (Å²) in [5.41, 5.74) is 3.39. The van der Waals surface area contributed by atoms with E-state index in [1.165, 1.54) is 32.1 Å². The molecule has 0 aromatic heterocycles. The van der Waals surface area contributed by atoms with Crippen LogP contribution in [0.1, 0.15) is 59.8 Å². The fraction of sp³-hybridized carbons (Fsp3) is 0.700. The van der Waals surface area contributed by atoms with Crippen molar-refractivity contribution in [2.24, 2.45) is 17.3 Å². The summed E-state index contributed by atoms with van der Waals surface area (Å²) in [4.78, 5) is 0. The number of fused-ring (bicyclic) bond motifs is 2. The van der Waals surface area contributed by atoms with Gasteiger partial charge in [0, 0.05) is 0 Å². The van der Waals surface area contributed by atoms with Crippen LogP contribution >= 0.6 is 0 Å². The lowest BCUT2D eigenvalue weighted by Crippen LogP contribution is -2.26. The van der Waals surface area contributed by atoms with Gasteiger partial charge in [0.15, 0.2) is 0 Å². The van der Waals surface area contributed by atoms with Gasteiger partial charge in [-0.1, -0.05) is 42.9 Å². The average Bonchev–Trinajstić information content (AvgIpc) is 2.91. The Bertz CT molecular complexity index is 500. The average molecular weight is 286 g/mol. The predicted octanol–water partition coefficient (Wildman–Crippen LogP) is 5.44. The van der Waals surface area contributed by atoms with Gasteiger partial charge in [-0.2, -0.15) is 0 Å². The van der Waals surface area contributed by atoms with Gasteiger partial charge in [0.2, 0.25) is 0 Å². The van der Waals surface area contributed by atoms with Crippen molar-refractivity contribution in [3.05, 3.63) is 36.0 Å². The zero-order valence-electron chi connectivity index (χ0n) is 14.1. The summed E-state index contributed by atoms with van der Waals surface area (Å²) in [6.45, 7) is 13.1. The molecule has 0 bridgehead atoms. The van der Waals surface area contributed by atoms with Gasteiger partial charge in [0.1, 0.15) is 0 Å². The third kappa shape index (κ3) is 2.77. The van der Waals surface area contributed by atoms with E-state index in [1.807, 2.05) is 6.92 Å². The van der Waals surface area contributed by atoms with Gasteiger partial charge >= 0.3 is 0 Å². The third-order valence-electron chi connectivity index (χ3n) is 6.37. The molecule has 0 aromatic carbocycles. The number of epoxide rings is 1. The number of rotatable bonds is 3. The van der Waals surface area contributed by atoms with Crippen molar-refractivity contribution >= 4 is 0 Å². The van der Waals surface area contributed by atoms with Gasteiger partial charge in [-0.3, -0.25) is 0 Å². The third-order valence-corrected chi connectivity index (χ3v) is 6.37. The first-order chi connectivity index (χ1) is 9.84. The molecule has 0 spiro atoms. The number of allylic oxidation sites excluding steroid dienone is 5. The minimum absolute atomic E-state index is 0.218. The fourth-order valence-electron chi connectivity index (χ4n) is 4.83. The number of hydrogen-bond acceptors (Lipinski definition) is 1. The van der Waals surface area contributed by atoms with Gasteiger partial charge in [0.05, 0.1) is 11.7 Å². The Hall–Kier alpha value is -0.820. The lowest BCUT2D eigenvalue weighted by atomic mass is 9.72. The molecular weight excluding hydrogens is 256 g/mol. The maximum absolute atomic E-state index is 5.97. The Balaban J connectivity index is 1.75. The topological polar surface area (TPSA) is 12.5 Å². The molecule has 5 atom stereocenters. The first-order valence-electron chi connectivity index (χ1n) is 8.52. The molecule has 0 radical (unpaired) electrons. The van der Waals surface area contributed by atoms with E-state index >= 15 is 0 Å². The van der Waals surface area contributed by atoms with E-state index in [4.69, 9.17) is 4.74 Å². The molecule has 1 saturated heterocycles. The second-order valence-electron chi connectivity index (χ2n) is 8.18. The summed E-state index contributed by atoms with van der Waals surface area (Å²) in [5, 5.41) is 0. The summed E-state index contributed by atoms with van der Waals surface area (Å²) in [5.74, 6) is 1.62. The van der Waals surface area contributed by atoms with Crippen molar-refractivity contribution < 1.29 is 4.74 Å². The monoisotopic (exact) mass is 286 g/mol. The molecule has 2 aliphatic carbocycles. The summed E-state index contributed by atoms with van der Waals surface area (Å²) in [6, 6.07) is 0. The molecule has 1 nitrogen and oxygen atoms in total. The van der Waals surface area contributed by atoms with Crippen LogP contribution < -0.4 is 0 Å². The maximum Gasteiger partial charge on any atom is 0.0920 e. The van der Waals surface area contributed by atoms with E-state index < -0.39 is 0 Å². The van der Waals surface area contributed by atoms with Crippen molar-refractivity contribution in [3.63, 3.8) is 0 Å². The Morgan fingerprint density at radius 3 is 2.67 bits per heavy atom. The lowest BCUT2D eigenvalue weighted by Gasteiger charge is -2.33. The fourth-order valence-corrected chi connectivity index (χ4v) is 4.83. The van der Waals surface area contributed by atoms with Crippen LogP contribution in [0.4, 0.5) is 0 Å². The summed E-state index contributed by atoms with van der Waals surface area (Å²) < 4.78 is 5.97. The van der Waals surface area contributed by atoms with E-state index in [0.717, 1.165) is 17.4 Å². The molecule has 1 heteroatoms. The highest BCUT2D eigenvalue weighted by Crippen LogP contribution is 2.61. The van der Waals surface area contributed by atoms with Crippen LogP contribution in [0.15, 0.2) is 36.0 Å². The molecule has 21 heavy (non-hydrogen) atoms. The molecule has 2 saturated carbocycles. The highest BCUT2D eigenvalue weighted by Gasteiger charge is 2.60. The molecule has 0 N–H and O–H groups in total. The molecule has 0 aromatic rings. The van der Waals surface area contributed by atoms with Crippen LogP contribution in [-0.2, 0) is 4.74 Å². The Morgan fingerprint density at radius 1 is 1.19 bits per heavy atom. The Morgan fingerprint density at radius 2 is 1.95 bits per heavy atom. The minimum atomic E-state index is 0.218. The molecule has 0 unspecified atom stereocenters. The summed E-state index contributed by atoms with van der Waals surface area (Å²) in [6.07, 6.45) is 13.7. The van der Waals surface area contributed by atoms with E-state index in [2.05, 4.69) is 45.6 Å². The van der Waals surface area contributed by atoms with E-state index in [9.17, 15) is 0 Å². The molecule has 3 rings (SSSR count). The van der Waals surface area contributed by atoms with Crippen LogP contribution in [0.5, 0.6) is 0 Å². The molecule has 1 heterocycles. The van der Waals surface area contributed by atoms with Gasteiger partial charge in [0.25, 0.3) is 0 Å². The molecule has 3 aliphatic rings. The minimum Gasteiger partial charge on any atom is -0.366 e. The number of ether oxygens (including phenoxy) is 1. The van der Waals surface area contributed by atoms with Crippen molar-refractivity contribution in [1.82, 2.24) is 0 Å². The normalized spacial score (nSPS) is 46.1. The summed E-state index contributed by atoms with van der Waals surface area (Å²) in [7, 11) is 0. The van der Waals surface area contributed by atoms with Crippen LogP contribution in [0.2, 0.25) is 0 Å². The van der Waals surface area contributed by atoms with Crippen LogP contribution in [0.3, 0.4) is 0 Å². The lowest BCUT2D eigenvalue weighted by molar-refractivity contribution is 0.141. The van der Waals surface area contributed by atoms with Crippen molar-refractivity contribution in [2.45, 2.75) is 71.5 Å². The highest BCUT2D eigenvalue weighted by atomic mass is 16.6. The van der Waals surface area contributed by atoms with Gasteiger partial charge < -0.3 is 4.74 Å². The predicted molar refractivity (Wildman–Crippen MR) is 89.2 cm³/mol. The first kappa shape index (κ1) is 15.1. The van der Waals surface area contributed by atoms with Crippen LogP contribution in [0.25, 0.3) is 0 Å². The van der Waals surface area contributed by atoms with Gasteiger partial charge in [-0.15, -0.1) is 0 Å². The quantitative estimate of drug-likeness (QED) is 0.497. The van der Waals surface area contributed by atoms with E-state index in [0.29, 0.717) is 11.5 Å². The zero-order chi connectivity index (χ0) is 15.3. The van der Waals surface area contributed by atoms with Gasteiger partial charge in [-0.05, 0) is 70.1 Å². The molecular formula is C20H30O. The first-order valence-corrected chi connectivity index (χ1v) is 8.52. The zero-order valence-corrected chi connectivity index (χ0v) is 14.1. The number of hydrogen-bond donors (Lipinski definition) is 0. The van der Waals surface area contributed by atoms with E-state index in [1.54, 1.807) is 5.57 Å². The molecule has 3 fully saturated rings. The molecule has 116 valence electrons. The smallest absolute Gasteiger partial charge is 0.0920 e. The van der Waals surface area contributed by atoms with E-state index in [-0.39, 0.29) is 5.60 Å². The van der Waals surface area contributed by atoms with Crippen LogP contribution in [-0.4, -0.2) is 11.7 Å². The maximum atomic E-state index is 5.97. The molecule has 1 aliphatic heterocycles. The molecule has 0 amide bonds. The highest BCUT2D eigenvalue weighted by molar-refractivity contribution is 5.23. The standard InChI is InChI=1S/C20H30O/c1-14(2)7-6-8-15(3)16-9-11-19(4)13-18-20(5,21-18)12-10-17(16)19/h6-8,16-18H,1,9-13H2,2-5H3/b7-6+,15-8+/t16-,17-,18-,19+,20+/m1/s1. The Kier molecular flexibility index (Phi) is 3.68. The second kappa shape index (κ2) is 5.12. The van der Waals surface area contributed by atoms with Crippen molar-refractivity contribution in [2.75, 3.05) is 0 Å².